The van der Waals surface area contributed by atoms with Crippen molar-refractivity contribution in [3.63, 3.8) is 0 Å². The van der Waals surface area contributed by atoms with Gasteiger partial charge < -0.3 is 9.88 Å². The Hall–Kier alpha value is -2.17. The van der Waals surface area contributed by atoms with Crippen LogP contribution in [0.15, 0.2) is 30.6 Å². The molecule has 1 amide bonds. The summed E-state index contributed by atoms with van der Waals surface area (Å²) in [6, 6.07) is 7.65. The van der Waals surface area contributed by atoms with Crippen LogP contribution in [0.4, 0.5) is 5.69 Å². The third-order valence-corrected chi connectivity index (χ3v) is 3.06. The lowest BCUT2D eigenvalue weighted by Crippen LogP contribution is -2.12. The molecule has 1 N–H and O–H groups in total. The number of aryl methyl sites for hydroxylation is 1. The second kappa shape index (κ2) is 6.32. The van der Waals surface area contributed by atoms with Crippen LogP contribution in [-0.4, -0.2) is 20.7 Å². The average molecular weight is 272 g/mol. The van der Waals surface area contributed by atoms with Gasteiger partial charge in [0.25, 0.3) is 0 Å². The lowest BCUT2D eigenvalue weighted by molar-refractivity contribution is -0.116. The van der Waals surface area contributed by atoms with Crippen molar-refractivity contribution < 1.29 is 4.79 Å². The van der Waals surface area contributed by atoms with Crippen molar-refractivity contribution in [2.75, 3.05) is 5.32 Å². The number of benzene rings is 1. The molecule has 0 spiro atoms. The maximum atomic E-state index is 11.8. The molecule has 5 nitrogen and oxygen atoms in total. The number of carbonyl (C=O) groups excluding carboxylic acids is 1. The van der Waals surface area contributed by atoms with Crippen LogP contribution in [0.3, 0.4) is 0 Å². The van der Waals surface area contributed by atoms with Gasteiger partial charge in [-0.1, -0.05) is 26.0 Å². The SMILES string of the molecule is CC(C)CCC(=O)Nc1cccc(-c2nncn2C)c1. The number of aromatic nitrogens is 3. The van der Waals surface area contributed by atoms with E-state index in [1.54, 1.807) is 6.33 Å². The second-order valence-electron chi connectivity index (χ2n) is 5.33. The highest BCUT2D eigenvalue weighted by Crippen LogP contribution is 2.20. The molecule has 106 valence electrons. The van der Waals surface area contributed by atoms with Crippen LogP contribution in [0.25, 0.3) is 11.4 Å². The molecule has 0 saturated carbocycles. The molecule has 0 unspecified atom stereocenters. The minimum absolute atomic E-state index is 0.0498. The first kappa shape index (κ1) is 14.2. The Morgan fingerprint density at radius 3 is 2.85 bits per heavy atom. The van der Waals surface area contributed by atoms with E-state index >= 15 is 0 Å². The first-order valence-corrected chi connectivity index (χ1v) is 6.80. The first-order valence-electron chi connectivity index (χ1n) is 6.80. The summed E-state index contributed by atoms with van der Waals surface area (Å²) in [6.45, 7) is 4.23. The maximum absolute atomic E-state index is 11.8. The zero-order valence-corrected chi connectivity index (χ0v) is 12.1. The number of rotatable bonds is 5. The number of carbonyl (C=O) groups is 1. The van der Waals surface area contributed by atoms with Gasteiger partial charge in [0.05, 0.1) is 0 Å². The van der Waals surface area contributed by atoms with Gasteiger partial charge >= 0.3 is 0 Å². The molecule has 0 saturated heterocycles. The van der Waals surface area contributed by atoms with Gasteiger partial charge in [0.1, 0.15) is 6.33 Å². The zero-order valence-electron chi connectivity index (χ0n) is 12.1. The quantitative estimate of drug-likeness (QED) is 0.910. The predicted molar refractivity (Wildman–Crippen MR) is 79.1 cm³/mol. The van der Waals surface area contributed by atoms with E-state index in [1.165, 1.54) is 0 Å². The lowest BCUT2D eigenvalue weighted by Gasteiger charge is -2.08. The summed E-state index contributed by atoms with van der Waals surface area (Å²) in [5.41, 5.74) is 1.73. The molecule has 1 aromatic heterocycles. The summed E-state index contributed by atoms with van der Waals surface area (Å²) < 4.78 is 1.85. The third kappa shape index (κ3) is 3.66. The molecule has 5 heteroatoms. The lowest BCUT2D eigenvalue weighted by atomic mass is 10.1. The summed E-state index contributed by atoms with van der Waals surface area (Å²) in [5.74, 6) is 1.36. The molecule has 1 aromatic carbocycles. The minimum Gasteiger partial charge on any atom is -0.326 e. The standard InChI is InChI=1S/C15H20N4O/c1-11(2)7-8-14(20)17-13-6-4-5-12(9-13)15-18-16-10-19(15)3/h4-6,9-11H,7-8H2,1-3H3,(H,17,20). The van der Waals surface area contributed by atoms with Gasteiger partial charge in [-0.05, 0) is 24.5 Å². The fraction of sp³-hybridized carbons (Fsp3) is 0.400. The van der Waals surface area contributed by atoms with Crippen LogP contribution >= 0.6 is 0 Å². The number of amides is 1. The second-order valence-corrected chi connectivity index (χ2v) is 5.33. The summed E-state index contributed by atoms with van der Waals surface area (Å²) in [7, 11) is 1.89. The fourth-order valence-electron chi connectivity index (χ4n) is 1.92. The van der Waals surface area contributed by atoms with Crippen molar-refractivity contribution in [1.82, 2.24) is 14.8 Å². The molecule has 0 aliphatic heterocycles. The fourth-order valence-corrected chi connectivity index (χ4v) is 1.92. The molecule has 0 aliphatic rings. The van der Waals surface area contributed by atoms with E-state index in [0.29, 0.717) is 12.3 Å². The van der Waals surface area contributed by atoms with Crippen molar-refractivity contribution in [3.8, 4) is 11.4 Å². The molecule has 0 aliphatic carbocycles. The van der Waals surface area contributed by atoms with Crippen molar-refractivity contribution >= 4 is 11.6 Å². The maximum Gasteiger partial charge on any atom is 0.224 e. The molecule has 0 bridgehead atoms. The topological polar surface area (TPSA) is 59.8 Å². The number of nitrogens with one attached hydrogen (secondary N) is 1. The van der Waals surface area contributed by atoms with Crippen molar-refractivity contribution in [2.24, 2.45) is 13.0 Å². The van der Waals surface area contributed by atoms with E-state index < -0.39 is 0 Å². The molecule has 2 aromatic rings. The van der Waals surface area contributed by atoms with Crippen LogP contribution < -0.4 is 5.32 Å². The van der Waals surface area contributed by atoms with Gasteiger partial charge in [0.2, 0.25) is 5.91 Å². The van der Waals surface area contributed by atoms with Gasteiger partial charge in [-0.3, -0.25) is 4.79 Å². The number of anilines is 1. The molecule has 2 rings (SSSR count). The van der Waals surface area contributed by atoms with Crippen molar-refractivity contribution in [1.29, 1.82) is 0 Å². The Morgan fingerprint density at radius 1 is 1.40 bits per heavy atom. The summed E-state index contributed by atoms with van der Waals surface area (Å²) in [4.78, 5) is 11.8. The number of hydrogen-bond acceptors (Lipinski definition) is 3. The van der Waals surface area contributed by atoms with E-state index in [1.807, 2.05) is 35.9 Å². The summed E-state index contributed by atoms with van der Waals surface area (Å²) in [6.07, 6.45) is 3.10. The molecule has 0 fully saturated rings. The predicted octanol–water partition coefficient (Wildman–Crippen LogP) is 2.86. The van der Waals surface area contributed by atoms with E-state index in [2.05, 4.69) is 29.4 Å². The molecular formula is C15H20N4O. The first-order chi connectivity index (χ1) is 9.56. The largest absolute Gasteiger partial charge is 0.326 e. The highest BCUT2D eigenvalue weighted by Gasteiger charge is 2.07. The minimum atomic E-state index is 0.0498. The van der Waals surface area contributed by atoms with E-state index in [9.17, 15) is 4.79 Å². The Kier molecular flexibility index (Phi) is 4.50. The van der Waals surface area contributed by atoms with Gasteiger partial charge in [0.15, 0.2) is 5.82 Å². The van der Waals surface area contributed by atoms with Gasteiger partial charge in [-0.25, -0.2) is 0 Å². The molecule has 1 heterocycles. The highest BCUT2D eigenvalue weighted by atomic mass is 16.1. The zero-order chi connectivity index (χ0) is 14.5. The third-order valence-electron chi connectivity index (χ3n) is 3.06. The Labute approximate surface area is 119 Å². The van der Waals surface area contributed by atoms with Crippen LogP contribution in [0.5, 0.6) is 0 Å². The Bertz CT molecular complexity index is 589. The Morgan fingerprint density at radius 2 is 2.20 bits per heavy atom. The molecule has 0 atom stereocenters. The summed E-state index contributed by atoms with van der Waals surface area (Å²) >= 11 is 0. The monoisotopic (exact) mass is 272 g/mol. The van der Waals surface area contributed by atoms with Gasteiger partial charge in [0, 0.05) is 24.7 Å². The number of nitrogens with zero attached hydrogens (tertiary/aromatic N) is 3. The summed E-state index contributed by atoms with van der Waals surface area (Å²) in [5, 5.41) is 10.9. The molecular weight excluding hydrogens is 252 g/mol. The van der Waals surface area contributed by atoms with Crippen LogP contribution in [0.1, 0.15) is 26.7 Å². The van der Waals surface area contributed by atoms with Gasteiger partial charge in [-0.15, -0.1) is 10.2 Å². The highest BCUT2D eigenvalue weighted by molar-refractivity contribution is 5.91. The smallest absolute Gasteiger partial charge is 0.224 e. The normalized spacial score (nSPS) is 10.8. The van der Waals surface area contributed by atoms with Crippen LogP contribution in [0.2, 0.25) is 0 Å². The van der Waals surface area contributed by atoms with Crippen LogP contribution in [-0.2, 0) is 11.8 Å². The van der Waals surface area contributed by atoms with Crippen molar-refractivity contribution in [2.45, 2.75) is 26.7 Å². The molecule has 0 radical (unpaired) electrons. The van der Waals surface area contributed by atoms with E-state index in [4.69, 9.17) is 0 Å². The molecule has 20 heavy (non-hydrogen) atoms. The Balaban J connectivity index is 2.07. The average Bonchev–Trinajstić information content (AvgIpc) is 2.83. The van der Waals surface area contributed by atoms with E-state index in [-0.39, 0.29) is 5.91 Å². The number of hydrogen-bond donors (Lipinski definition) is 1. The van der Waals surface area contributed by atoms with Crippen LogP contribution in [0, 0.1) is 5.92 Å². The van der Waals surface area contributed by atoms with Crippen molar-refractivity contribution in [3.05, 3.63) is 30.6 Å². The van der Waals surface area contributed by atoms with E-state index in [0.717, 1.165) is 23.5 Å². The van der Waals surface area contributed by atoms with Gasteiger partial charge in [-0.2, -0.15) is 0 Å².